The van der Waals surface area contributed by atoms with Crippen molar-refractivity contribution in [2.75, 3.05) is 44.2 Å². The number of ether oxygens (including phenoxy) is 1. The van der Waals surface area contributed by atoms with Crippen LogP contribution in [0, 0.1) is 5.92 Å². The van der Waals surface area contributed by atoms with E-state index >= 15 is 0 Å². The number of aromatic nitrogens is 1. The fraction of sp³-hybridized carbons (Fsp3) is 0.290. The van der Waals surface area contributed by atoms with Crippen molar-refractivity contribution in [1.29, 1.82) is 0 Å². The highest BCUT2D eigenvalue weighted by Crippen LogP contribution is 2.30. The highest BCUT2D eigenvalue weighted by molar-refractivity contribution is 7.89. The van der Waals surface area contributed by atoms with Crippen molar-refractivity contribution < 1.29 is 17.9 Å². The minimum absolute atomic E-state index is 0.0301. The third kappa shape index (κ3) is 5.88. The Balaban J connectivity index is 1.08. The molecule has 2 aliphatic heterocycles. The van der Waals surface area contributed by atoms with Crippen LogP contribution in [0.4, 0.5) is 5.69 Å². The molecule has 3 heterocycles. The summed E-state index contributed by atoms with van der Waals surface area (Å²) < 4.78 is 34.2. The van der Waals surface area contributed by atoms with Crippen molar-refractivity contribution in [3.05, 3.63) is 90.1 Å². The van der Waals surface area contributed by atoms with Crippen LogP contribution in [0.15, 0.2) is 90.0 Å². The molecule has 1 atom stereocenters. The van der Waals surface area contributed by atoms with Gasteiger partial charge in [0.2, 0.25) is 15.9 Å². The lowest BCUT2D eigenvalue weighted by Gasteiger charge is -2.39. The van der Waals surface area contributed by atoms with Crippen LogP contribution in [-0.4, -0.2) is 67.8 Å². The predicted octanol–water partition coefficient (Wildman–Crippen LogP) is 5.43. The van der Waals surface area contributed by atoms with Gasteiger partial charge < -0.3 is 14.5 Å². The number of sulfonamides is 1. The van der Waals surface area contributed by atoms with Gasteiger partial charge >= 0.3 is 0 Å². The molecule has 212 valence electrons. The number of benzene rings is 3. The molecule has 8 nitrogen and oxygen atoms in total. The molecule has 0 N–H and O–H groups in total. The van der Waals surface area contributed by atoms with Crippen LogP contribution in [0.1, 0.15) is 12.8 Å². The van der Waals surface area contributed by atoms with Gasteiger partial charge in [0, 0.05) is 61.6 Å². The summed E-state index contributed by atoms with van der Waals surface area (Å²) in [6, 6.07) is 23.5. The number of anilines is 1. The maximum atomic E-state index is 13.5. The average molecular weight is 591 g/mol. The van der Waals surface area contributed by atoms with E-state index in [-0.39, 0.29) is 23.3 Å². The fourth-order valence-corrected chi connectivity index (χ4v) is 7.31. The summed E-state index contributed by atoms with van der Waals surface area (Å²) in [6.45, 7) is 3.16. The molecule has 0 aliphatic carbocycles. The number of para-hydroxylation sites is 1. The summed E-state index contributed by atoms with van der Waals surface area (Å²) in [4.78, 5) is 22.3. The molecule has 1 amide bonds. The molecule has 41 heavy (non-hydrogen) atoms. The van der Waals surface area contributed by atoms with Crippen molar-refractivity contribution in [2.24, 2.45) is 5.92 Å². The van der Waals surface area contributed by atoms with Crippen molar-refractivity contribution in [3.63, 3.8) is 0 Å². The highest BCUT2D eigenvalue weighted by atomic mass is 35.5. The summed E-state index contributed by atoms with van der Waals surface area (Å²) >= 11 is 6.15. The van der Waals surface area contributed by atoms with Crippen molar-refractivity contribution >= 4 is 44.1 Å². The number of rotatable bonds is 6. The minimum atomic E-state index is -3.73. The van der Waals surface area contributed by atoms with E-state index in [2.05, 4.69) is 9.88 Å². The normalized spacial score (nSPS) is 18.4. The summed E-state index contributed by atoms with van der Waals surface area (Å²) in [5.74, 6) is 0.919. The lowest BCUT2D eigenvalue weighted by atomic mass is 9.97. The lowest BCUT2D eigenvalue weighted by molar-refractivity contribution is -0.137. The molecule has 0 bridgehead atoms. The molecule has 6 rings (SSSR count). The van der Waals surface area contributed by atoms with Crippen molar-refractivity contribution in [3.8, 4) is 11.5 Å². The third-order valence-corrected chi connectivity index (χ3v) is 9.90. The van der Waals surface area contributed by atoms with Gasteiger partial charge in [-0.1, -0.05) is 29.8 Å². The van der Waals surface area contributed by atoms with Gasteiger partial charge in [0.15, 0.2) is 0 Å². The van der Waals surface area contributed by atoms with E-state index in [0.29, 0.717) is 62.1 Å². The first kappa shape index (κ1) is 27.5. The predicted molar refractivity (Wildman–Crippen MR) is 160 cm³/mol. The Kier molecular flexibility index (Phi) is 7.84. The number of hydrogen-bond donors (Lipinski definition) is 0. The SMILES string of the molecule is O=C(C1CCCN(S(=O)(=O)c2ccc(Oc3ccccc3)cc2)C1)N1CCN(c2ccnc3cc(Cl)ccc23)CC1. The molecular formula is C31H31ClN4O4S. The summed E-state index contributed by atoms with van der Waals surface area (Å²) in [5.41, 5.74) is 1.92. The van der Waals surface area contributed by atoms with Crippen LogP contribution in [-0.2, 0) is 14.8 Å². The van der Waals surface area contributed by atoms with Gasteiger partial charge in [-0.15, -0.1) is 0 Å². The first-order chi connectivity index (χ1) is 19.9. The maximum absolute atomic E-state index is 13.5. The topological polar surface area (TPSA) is 83.0 Å². The number of carbonyl (C=O) groups is 1. The Hall–Kier alpha value is -3.66. The number of nitrogens with zero attached hydrogens (tertiary/aromatic N) is 4. The van der Waals surface area contributed by atoms with Gasteiger partial charge in [-0.05, 0) is 73.5 Å². The number of piperazine rings is 1. The summed E-state index contributed by atoms with van der Waals surface area (Å²) in [5, 5.41) is 1.68. The standard InChI is InChI=1S/C31H31ClN4O4S/c32-24-8-13-28-29(21-24)33-15-14-30(28)34-17-19-35(20-18-34)31(37)23-5-4-16-36(22-23)41(38,39)27-11-9-26(10-12-27)40-25-6-2-1-3-7-25/h1-3,6-15,21,23H,4-5,16-20,22H2. The maximum Gasteiger partial charge on any atom is 0.243 e. The molecular weight excluding hydrogens is 560 g/mol. The monoisotopic (exact) mass is 590 g/mol. The molecule has 4 aromatic rings. The zero-order valence-corrected chi connectivity index (χ0v) is 24.1. The Bertz CT molecular complexity index is 1640. The summed E-state index contributed by atoms with van der Waals surface area (Å²) in [6.07, 6.45) is 3.12. The Morgan fingerprint density at radius 3 is 2.37 bits per heavy atom. The molecule has 3 aromatic carbocycles. The third-order valence-electron chi connectivity index (χ3n) is 7.79. The number of amides is 1. The second kappa shape index (κ2) is 11.7. The van der Waals surface area contributed by atoms with Crippen LogP contribution in [0.3, 0.4) is 0 Å². The fourth-order valence-electron chi connectivity index (χ4n) is 5.62. The van der Waals surface area contributed by atoms with E-state index in [1.165, 1.54) is 4.31 Å². The van der Waals surface area contributed by atoms with Crippen LogP contribution >= 0.6 is 11.6 Å². The second-order valence-electron chi connectivity index (χ2n) is 10.4. The molecule has 2 saturated heterocycles. The first-order valence-corrected chi connectivity index (χ1v) is 15.6. The number of halogens is 1. The van der Waals surface area contributed by atoms with Gasteiger partial charge in [0.25, 0.3) is 0 Å². The Labute approximate surface area is 245 Å². The Morgan fingerprint density at radius 1 is 0.878 bits per heavy atom. The number of carbonyl (C=O) groups excluding carboxylic acids is 1. The van der Waals surface area contributed by atoms with E-state index in [0.717, 1.165) is 16.6 Å². The molecule has 10 heteroatoms. The van der Waals surface area contributed by atoms with Crippen LogP contribution < -0.4 is 9.64 Å². The van der Waals surface area contributed by atoms with Crippen LogP contribution in [0.25, 0.3) is 10.9 Å². The van der Waals surface area contributed by atoms with Gasteiger partial charge in [-0.2, -0.15) is 4.31 Å². The molecule has 0 saturated carbocycles. The quantitative estimate of drug-likeness (QED) is 0.298. The number of piperidine rings is 1. The zero-order valence-electron chi connectivity index (χ0n) is 22.5. The largest absolute Gasteiger partial charge is 0.457 e. The average Bonchev–Trinajstić information content (AvgIpc) is 3.01. The number of fused-ring (bicyclic) bond motifs is 1. The molecule has 2 aliphatic rings. The number of pyridine rings is 1. The lowest BCUT2D eigenvalue weighted by Crippen LogP contribution is -2.53. The number of hydrogen-bond acceptors (Lipinski definition) is 6. The van der Waals surface area contributed by atoms with Gasteiger partial charge in [0.1, 0.15) is 11.5 Å². The van der Waals surface area contributed by atoms with Gasteiger partial charge in [-0.25, -0.2) is 8.42 Å². The smallest absolute Gasteiger partial charge is 0.243 e. The second-order valence-corrected chi connectivity index (χ2v) is 12.8. The van der Waals surface area contributed by atoms with Gasteiger partial charge in [0.05, 0.1) is 16.3 Å². The summed E-state index contributed by atoms with van der Waals surface area (Å²) in [7, 11) is -3.73. The van der Waals surface area contributed by atoms with Crippen molar-refractivity contribution in [2.45, 2.75) is 17.7 Å². The van der Waals surface area contributed by atoms with E-state index in [1.807, 2.05) is 59.5 Å². The van der Waals surface area contributed by atoms with E-state index < -0.39 is 10.0 Å². The highest BCUT2D eigenvalue weighted by Gasteiger charge is 2.36. The first-order valence-electron chi connectivity index (χ1n) is 13.8. The zero-order chi connectivity index (χ0) is 28.4. The van der Waals surface area contributed by atoms with E-state index in [4.69, 9.17) is 16.3 Å². The minimum Gasteiger partial charge on any atom is -0.457 e. The van der Waals surface area contributed by atoms with Crippen LogP contribution in [0.5, 0.6) is 11.5 Å². The Morgan fingerprint density at radius 2 is 1.61 bits per heavy atom. The van der Waals surface area contributed by atoms with Crippen LogP contribution in [0.2, 0.25) is 5.02 Å². The van der Waals surface area contributed by atoms with E-state index in [1.54, 1.807) is 30.5 Å². The molecule has 0 radical (unpaired) electrons. The molecule has 1 unspecified atom stereocenters. The van der Waals surface area contributed by atoms with Crippen molar-refractivity contribution in [1.82, 2.24) is 14.2 Å². The van der Waals surface area contributed by atoms with Gasteiger partial charge in [-0.3, -0.25) is 9.78 Å². The molecule has 0 spiro atoms. The molecule has 1 aromatic heterocycles. The molecule has 2 fully saturated rings. The van der Waals surface area contributed by atoms with E-state index in [9.17, 15) is 13.2 Å².